The summed E-state index contributed by atoms with van der Waals surface area (Å²) < 4.78 is 5.60. The highest BCUT2D eigenvalue weighted by molar-refractivity contribution is 4.88. The van der Waals surface area contributed by atoms with Crippen molar-refractivity contribution in [3.05, 3.63) is 0 Å². The van der Waals surface area contributed by atoms with Crippen LogP contribution in [0.3, 0.4) is 0 Å². The lowest BCUT2D eigenvalue weighted by Crippen LogP contribution is -2.34. The van der Waals surface area contributed by atoms with Crippen LogP contribution < -0.4 is 0 Å². The molecule has 0 aromatic rings. The molecule has 0 amide bonds. The van der Waals surface area contributed by atoms with Gasteiger partial charge in [-0.3, -0.25) is 0 Å². The van der Waals surface area contributed by atoms with Crippen LogP contribution in [0.1, 0.15) is 90.4 Å². The summed E-state index contributed by atoms with van der Waals surface area (Å²) in [5.74, 6) is 2.12. The van der Waals surface area contributed by atoms with Gasteiger partial charge in [-0.25, -0.2) is 0 Å². The van der Waals surface area contributed by atoms with E-state index in [1.807, 2.05) is 7.11 Å². The van der Waals surface area contributed by atoms with Crippen molar-refractivity contribution in [2.24, 2.45) is 17.3 Å². The van der Waals surface area contributed by atoms with Crippen LogP contribution in [-0.4, -0.2) is 13.7 Å². The molecule has 118 valence electrons. The molecule has 0 bridgehead atoms. The van der Waals surface area contributed by atoms with Gasteiger partial charge >= 0.3 is 0 Å². The van der Waals surface area contributed by atoms with E-state index >= 15 is 0 Å². The molecule has 2 saturated carbocycles. The second-order valence-electron chi connectivity index (χ2n) is 7.63. The van der Waals surface area contributed by atoms with Gasteiger partial charge in [0.05, 0.1) is 6.61 Å². The Morgan fingerprint density at radius 1 is 0.900 bits per heavy atom. The summed E-state index contributed by atoms with van der Waals surface area (Å²) in [6.45, 7) is 3.32. The molecular formula is C19H36O. The molecule has 0 N–H and O–H groups in total. The Balaban J connectivity index is 1.81. The maximum Gasteiger partial charge on any atom is 0.0518 e. The van der Waals surface area contributed by atoms with Crippen LogP contribution in [0.25, 0.3) is 0 Å². The molecular weight excluding hydrogens is 244 g/mol. The van der Waals surface area contributed by atoms with Crippen molar-refractivity contribution < 1.29 is 4.74 Å². The van der Waals surface area contributed by atoms with Crippen LogP contribution in [0.2, 0.25) is 0 Å². The zero-order valence-electron chi connectivity index (χ0n) is 14.0. The zero-order valence-corrected chi connectivity index (χ0v) is 14.0. The summed E-state index contributed by atoms with van der Waals surface area (Å²) in [5, 5.41) is 0. The van der Waals surface area contributed by atoms with Gasteiger partial charge in [0.25, 0.3) is 0 Å². The molecule has 1 heteroatoms. The largest absolute Gasteiger partial charge is 0.384 e. The first-order chi connectivity index (χ1) is 9.79. The van der Waals surface area contributed by atoms with Crippen molar-refractivity contribution in [3.63, 3.8) is 0 Å². The van der Waals surface area contributed by atoms with Crippen molar-refractivity contribution >= 4 is 0 Å². The van der Waals surface area contributed by atoms with Crippen LogP contribution in [0.15, 0.2) is 0 Å². The first kappa shape index (κ1) is 16.3. The first-order valence-corrected chi connectivity index (χ1v) is 9.28. The average Bonchev–Trinajstić information content (AvgIpc) is 2.50. The number of hydrogen-bond donors (Lipinski definition) is 0. The predicted octanol–water partition coefficient (Wildman–Crippen LogP) is 5.97. The first-order valence-electron chi connectivity index (χ1n) is 9.28. The van der Waals surface area contributed by atoms with Crippen molar-refractivity contribution in [1.29, 1.82) is 0 Å². The Hall–Kier alpha value is -0.0400. The third kappa shape index (κ3) is 4.48. The molecule has 2 aliphatic carbocycles. The Bertz CT molecular complexity index is 246. The monoisotopic (exact) mass is 280 g/mol. The Morgan fingerprint density at radius 2 is 1.55 bits per heavy atom. The molecule has 0 spiro atoms. The van der Waals surface area contributed by atoms with Gasteiger partial charge in [0.15, 0.2) is 0 Å². The minimum atomic E-state index is 0.537. The smallest absolute Gasteiger partial charge is 0.0518 e. The molecule has 0 unspecified atom stereocenters. The van der Waals surface area contributed by atoms with E-state index in [2.05, 4.69) is 6.92 Å². The van der Waals surface area contributed by atoms with Gasteiger partial charge in [0, 0.05) is 7.11 Å². The molecule has 2 aliphatic rings. The SMILES string of the molecule is CCCCCC1(COC)CCC(C2CCCCC2)CC1. The van der Waals surface area contributed by atoms with Gasteiger partial charge in [0.1, 0.15) is 0 Å². The molecule has 0 saturated heterocycles. The number of rotatable bonds is 7. The standard InChI is InChI=1S/C19H36O/c1-3-4-8-13-19(16-20-2)14-11-18(12-15-19)17-9-6-5-7-10-17/h17-18H,3-16H2,1-2H3. The zero-order chi connectivity index (χ0) is 14.3. The topological polar surface area (TPSA) is 9.23 Å². The van der Waals surface area contributed by atoms with E-state index in [4.69, 9.17) is 4.74 Å². The van der Waals surface area contributed by atoms with Crippen LogP contribution in [0, 0.1) is 17.3 Å². The van der Waals surface area contributed by atoms with Crippen LogP contribution >= 0.6 is 0 Å². The van der Waals surface area contributed by atoms with E-state index in [0.717, 1.165) is 18.4 Å². The minimum absolute atomic E-state index is 0.537. The summed E-state index contributed by atoms with van der Waals surface area (Å²) >= 11 is 0. The van der Waals surface area contributed by atoms with E-state index < -0.39 is 0 Å². The molecule has 2 rings (SSSR count). The van der Waals surface area contributed by atoms with Gasteiger partial charge in [-0.15, -0.1) is 0 Å². The second kappa shape index (κ2) is 8.41. The van der Waals surface area contributed by atoms with Gasteiger partial charge in [-0.05, 0) is 49.4 Å². The van der Waals surface area contributed by atoms with Crippen LogP contribution in [0.5, 0.6) is 0 Å². The Kier molecular flexibility index (Phi) is 6.87. The van der Waals surface area contributed by atoms with E-state index in [9.17, 15) is 0 Å². The van der Waals surface area contributed by atoms with Crippen LogP contribution in [0.4, 0.5) is 0 Å². The summed E-state index contributed by atoms with van der Waals surface area (Å²) in [4.78, 5) is 0. The quantitative estimate of drug-likeness (QED) is 0.522. The maximum absolute atomic E-state index is 5.60. The summed E-state index contributed by atoms with van der Waals surface area (Å²) in [5.41, 5.74) is 0.537. The number of hydrogen-bond acceptors (Lipinski definition) is 1. The molecule has 2 fully saturated rings. The highest BCUT2D eigenvalue weighted by Gasteiger charge is 2.37. The number of ether oxygens (including phenoxy) is 1. The Labute approximate surface area is 126 Å². The Morgan fingerprint density at radius 3 is 2.15 bits per heavy atom. The summed E-state index contributed by atoms with van der Waals surface area (Å²) in [6, 6.07) is 0. The van der Waals surface area contributed by atoms with Crippen molar-refractivity contribution in [2.75, 3.05) is 13.7 Å². The highest BCUT2D eigenvalue weighted by Crippen LogP contribution is 2.47. The average molecular weight is 280 g/mol. The van der Waals surface area contributed by atoms with Crippen molar-refractivity contribution in [1.82, 2.24) is 0 Å². The molecule has 0 heterocycles. The van der Waals surface area contributed by atoms with E-state index in [1.165, 1.54) is 83.5 Å². The summed E-state index contributed by atoms with van der Waals surface area (Å²) in [7, 11) is 1.90. The predicted molar refractivity (Wildman–Crippen MR) is 87.0 cm³/mol. The molecule has 0 aliphatic heterocycles. The molecule has 1 nitrogen and oxygen atoms in total. The van der Waals surface area contributed by atoms with Gasteiger partial charge in [0.2, 0.25) is 0 Å². The van der Waals surface area contributed by atoms with Crippen molar-refractivity contribution in [3.8, 4) is 0 Å². The fraction of sp³-hybridized carbons (Fsp3) is 1.00. The summed E-state index contributed by atoms with van der Waals surface area (Å²) in [6.07, 6.45) is 19.0. The second-order valence-corrected chi connectivity index (χ2v) is 7.63. The van der Waals surface area contributed by atoms with Crippen molar-refractivity contribution in [2.45, 2.75) is 90.4 Å². The minimum Gasteiger partial charge on any atom is -0.384 e. The maximum atomic E-state index is 5.60. The van der Waals surface area contributed by atoms with Gasteiger partial charge in [-0.2, -0.15) is 0 Å². The van der Waals surface area contributed by atoms with Gasteiger partial charge < -0.3 is 4.74 Å². The number of unbranched alkanes of at least 4 members (excludes halogenated alkanes) is 2. The molecule has 0 atom stereocenters. The fourth-order valence-corrected chi connectivity index (χ4v) is 4.85. The molecule has 0 aromatic heterocycles. The number of methoxy groups -OCH3 is 1. The lowest BCUT2D eigenvalue weighted by Gasteiger charge is -2.43. The third-order valence-corrected chi connectivity index (χ3v) is 6.17. The van der Waals surface area contributed by atoms with E-state index in [1.54, 1.807) is 0 Å². The highest BCUT2D eigenvalue weighted by atomic mass is 16.5. The normalized spacial score (nSPS) is 32.4. The van der Waals surface area contributed by atoms with E-state index in [0.29, 0.717) is 5.41 Å². The molecule has 0 radical (unpaired) electrons. The van der Waals surface area contributed by atoms with Crippen LogP contribution in [-0.2, 0) is 4.74 Å². The van der Waals surface area contributed by atoms with E-state index in [-0.39, 0.29) is 0 Å². The van der Waals surface area contributed by atoms with Gasteiger partial charge in [-0.1, -0.05) is 58.3 Å². The lowest BCUT2D eigenvalue weighted by molar-refractivity contribution is 0.0147. The molecule has 20 heavy (non-hydrogen) atoms. The fourth-order valence-electron chi connectivity index (χ4n) is 4.85. The molecule has 0 aromatic carbocycles. The third-order valence-electron chi connectivity index (χ3n) is 6.17. The lowest BCUT2D eigenvalue weighted by atomic mass is 9.64.